The highest BCUT2D eigenvalue weighted by molar-refractivity contribution is 6.19. The monoisotopic (exact) mass is 486 g/mol. The number of aromatic nitrogens is 1. The number of likely N-dealkylation sites (tertiary alicyclic amines) is 1. The van der Waals surface area contributed by atoms with Crippen molar-refractivity contribution in [1.82, 2.24) is 9.47 Å². The number of rotatable bonds is 4. The number of piperidine rings is 1. The van der Waals surface area contributed by atoms with Gasteiger partial charge in [0.1, 0.15) is 5.41 Å². The van der Waals surface area contributed by atoms with Crippen molar-refractivity contribution in [2.45, 2.75) is 46.2 Å². The van der Waals surface area contributed by atoms with Gasteiger partial charge >= 0.3 is 0 Å². The molecule has 7 heteroatoms. The molecule has 1 fully saturated rings. The van der Waals surface area contributed by atoms with Crippen LogP contribution in [0.3, 0.4) is 0 Å². The summed E-state index contributed by atoms with van der Waals surface area (Å²) in [6.07, 6.45) is 1.81. The predicted octanol–water partition coefficient (Wildman–Crippen LogP) is 4.19. The van der Waals surface area contributed by atoms with E-state index in [1.165, 1.54) is 0 Å². The molecule has 3 aromatic rings. The molecule has 0 bridgehead atoms. The van der Waals surface area contributed by atoms with E-state index >= 15 is 0 Å². The van der Waals surface area contributed by atoms with E-state index < -0.39 is 5.41 Å². The first-order valence-electron chi connectivity index (χ1n) is 12.8. The van der Waals surface area contributed by atoms with E-state index in [9.17, 15) is 14.4 Å². The lowest BCUT2D eigenvalue weighted by molar-refractivity contribution is -0.137. The number of anilines is 2. The maximum atomic E-state index is 13.1. The molecule has 0 N–H and O–H groups in total. The minimum Gasteiger partial charge on any atom is -0.313 e. The van der Waals surface area contributed by atoms with Gasteiger partial charge in [-0.1, -0.05) is 24.3 Å². The van der Waals surface area contributed by atoms with Gasteiger partial charge in [0.2, 0.25) is 11.8 Å². The molecule has 0 saturated carbocycles. The zero-order valence-corrected chi connectivity index (χ0v) is 21.5. The molecule has 0 radical (unpaired) electrons. The van der Waals surface area contributed by atoms with E-state index in [1.54, 1.807) is 36.8 Å². The summed E-state index contributed by atoms with van der Waals surface area (Å²) in [5, 5.41) is 1.09. The maximum Gasteiger partial charge on any atom is 0.251 e. The number of pyridine rings is 1. The fourth-order valence-electron chi connectivity index (χ4n) is 5.72. The molecule has 2 aliphatic heterocycles. The Morgan fingerprint density at radius 1 is 0.889 bits per heavy atom. The lowest BCUT2D eigenvalue weighted by atomic mass is 9.90. The van der Waals surface area contributed by atoms with Gasteiger partial charge in [0.15, 0.2) is 0 Å². The Morgan fingerprint density at radius 2 is 1.61 bits per heavy atom. The third-order valence-electron chi connectivity index (χ3n) is 7.79. The van der Waals surface area contributed by atoms with E-state index in [-0.39, 0.29) is 23.4 Å². The average molecular weight is 487 g/mol. The van der Waals surface area contributed by atoms with Gasteiger partial charge in [-0.3, -0.25) is 19.3 Å². The van der Waals surface area contributed by atoms with Gasteiger partial charge in [-0.25, -0.2) is 0 Å². The second kappa shape index (κ2) is 9.21. The van der Waals surface area contributed by atoms with Gasteiger partial charge < -0.3 is 14.4 Å². The molecule has 3 heterocycles. The van der Waals surface area contributed by atoms with Crippen molar-refractivity contribution in [3.05, 3.63) is 70.5 Å². The summed E-state index contributed by atoms with van der Waals surface area (Å²) >= 11 is 0. The summed E-state index contributed by atoms with van der Waals surface area (Å²) in [5.74, 6) is -0.359. The molecule has 2 aromatic carbocycles. The highest BCUT2D eigenvalue weighted by Crippen LogP contribution is 2.39. The lowest BCUT2D eigenvalue weighted by Crippen LogP contribution is -2.47. The standard InChI is InChI=1S/C29H34N4O3/c1-5-32-24-12-10-20(18-25(24)30(4)27(35)29(2,3)28(32)36)19-31-16-14-22(15-17-31)33-23-9-7-6-8-21(23)11-13-26(33)34/h6-13,18,22H,5,14-17,19H2,1-4H3. The molecule has 188 valence electrons. The fraction of sp³-hybridized carbons (Fsp3) is 0.414. The normalized spacial score (nSPS) is 19.0. The Bertz CT molecular complexity index is 1380. The molecular weight excluding hydrogens is 452 g/mol. The first kappa shape index (κ1) is 24.3. The van der Waals surface area contributed by atoms with Crippen LogP contribution in [0.4, 0.5) is 11.4 Å². The molecule has 36 heavy (non-hydrogen) atoms. The number of benzene rings is 2. The minimum absolute atomic E-state index is 0.0588. The Hall–Kier alpha value is -3.45. The summed E-state index contributed by atoms with van der Waals surface area (Å²) in [6, 6.07) is 17.9. The fourth-order valence-corrected chi connectivity index (χ4v) is 5.72. The zero-order chi connectivity index (χ0) is 25.6. The molecule has 5 rings (SSSR count). The highest BCUT2D eigenvalue weighted by Gasteiger charge is 2.45. The average Bonchev–Trinajstić information content (AvgIpc) is 2.93. The van der Waals surface area contributed by atoms with E-state index in [2.05, 4.69) is 17.0 Å². The largest absolute Gasteiger partial charge is 0.313 e. The number of amides is 2. The first-order valence-corrected chi connectivity index (χ1v) is 12.8. The van der Waals surface area contributed by atoms with Crippen LogP contribution >= 0.6 is 0 Å². The van der Waals surface area contributed by atoms with Gasteiger partial charge in [-0.15, -0.1) is 0 Å². The Morgan fingerprint density at radius 3 is 2.33 bits per heavy atom. The third kappa shape index (κ3) is 4.01. The van der Waals surface area contributed by atoms with Crippen LogP contribution in [-0.2, 0) is 16.1 Å². The lowest BCUT2D eigenvalue weighted by Gasteiger charge is -2.33. The number of carbonyl (C=O) groups is 2. The number of hydrogen-bond acceptors (Lipinski definition) is 4. The van der Waals surface area contributed by atoms with Crippen LogP contribution in [0.2, 0.25) is 0 Å². The van der Waals surface area contributed by atoms with Crippen LogP contribution in [-0.4, -0.2) is 48.0 Å². The van der Waals surface area contributed by atoms with Crippen molar-refractivity contribution in [1.29, 1.82) is 0 Å². The minimum atomic E-state index is -1.11. The number of fused-ring (bicyclic) bond motifs is 2. The van der Waals surface area contributed by atoms with Crippen molar-refractivity contribution in [2.24, 2.45) is 5.41 Å². The zero-order valence-electron chi connectivity index (χ0n) is 21.5. The molecule has 2 aliphatic rings. The molecule has 1 saturated heterocycles. The van der Waals surface area contributed by atoms with E-state index in [0.717, 1.165) is 60.3 Å². The van der Waals surface area contributed by atoms with Gasteiger partial charge in [-0.2, -0.15) is 0 Å². The first-order chi connectivity index (χ1) is 17.2. The SMILES string of the molecule is CCN1C(=O)C(C)(C)C(=O)N(C)c2cc(CN3CCC(n4c(=O)ccc5ccccc54)CC3)ccc21. The Balaban J connectivity index is 1.35. The molecule has 0 atom stereocenters. The third-order valence-corrected chi connectivity index (χ3v) is 7.79. The summed E-state index contributed by atoms with van der Waals surface area (Å²) < 4.78 is 1.97. The summed E-state index contributed by atoms with van der Waals surface area (Å²) in [4.78, 5) is 44.7. The van der Waals surface area contributed by atoms with Crippen molar-refractivity contribution < 1.29 is 9.59 Å². The maximum absolute atomic E-state index is 13.1. The summed E-state index contributed by atoms with van der Waals surface area (Å²) in [7, 11) is 1.76. The molecular formula is C29H34N4O3. The van der Waals surface area contributed by atoms with E-state index in [0.29, 0.717) is 6.54 Å². The van der Waals surface area contributed by atoms with Crippen LogP contribution in [0.15, 0.2) is 59.4 Å². The second-order valence-corrected chi connectivity index (χ2v) is 10.5. The number of nitrogens with zero attached hydrogens (tertiary/aromatic N) is 4. The van der Waals surface area contributed by atoms with Crippen molar-refractivity contribution in [3.8, 4) is 0 Å². The number of hydrogen-bond donors (Lipinski definition) is 0. The van der Waals surface area contributed by atoms with Crippen LogP contribution in [0.1, 0.15) is 45.2 Å². The smallest absolute Gasteiger partial charge is 0.251 e. The second-order valence-electron chi connectivity index (χ2n) is 10.5. The van der Waals surface area contributed by atoms with Gasteiger partial charge in [0.25, 0.3) is 5.56 Å². The Kier molecular flexibility index (Phi) is 6.20. The molecule has 1 aromatic heterocycles. The van der Waals surface area contributed by atoms with Crippen molar-refractivity contribution >= 4 is 34.1 Å². The van der Waals surface area contributed by atoms with Crippen LogP contribution in [0.25, 0.3) is 10.9 Å². The molecule has 2 amide bonds. The summed E-state index contributed by atoms with van der Waals surface area (Å²) in [6.45, 7) is 8.39. The molecule has 0 spiro atoms. The van der Waals surface area contributed by atoms with Gasteiger partial charge in [-0.05, 0) is 68.8 Å². The number of carbonyl (C=O) groups excluding carboxylic acids is 2. The van der Waals surface area contributed by atoms with Crippen molar-refractivity contribution in [2.75, 3.05) is 36.5 Å². The Labute approximate surface area is 211 Å². The van der Waals surface area contributed by atoms with Crippen molar-refractivity contribution in [3.63, 3.8) is 0 Å². The van der Waals surface area contributed by atoms with Gasteiger partial charge in [0.05, 0.1) is 16.9 Å². The van der Waals surface area contributed by atoms with E-state index in [4.69, 9.17) is 0 Å². The number of para-hydroxylation sites is 1. The predicted molar refractivity (Wildman–Crippen MR) is 143 cm³/mol. The molecule has 7 nitrogen and oxygen atoms in total. The highest BCUT2D eigenvalue weighted by atomic mass is 16.2. The quantitative estimate of drug-likeness (QED) is 0.519. The van der Waals surface area contributed by atoms with Gasteiger partial charge in [0, 0.05) is 45.3 Å². The van der Waals surface area contributed by atoms with Crippen LogP contribution < -0.4 is 15.4 Å². The van der Waals surface area contributed by atoms with E-state index in [1.807, 2.05) is 47.9 Å². The summed E-state index contributed by atoms with van der Waals surface area (Å²) in [5.41, 5.74) is 2.61. The van der Waals surface area contributed by atoms with Crippen LogP contribution in [0.5, 0.6) is 0 Å². The van der Waals surface area contributed by atoms with Crippen LogP contribution in [0, 0.1) is 5.41 Å². The molecule has 0 aliphatic carbocycles. The molecule has 0 unspecified atom stereocenters. The topological polar surface area (TPSA) is 65.9 Å².